The highest BCUT2D eigenvalue weighted by Gasteiger charge is 1.87. The zero-order chi connectivity index (χ0) is 6.41. The van der Waals surface area contributed by atoms with E-state index in [1.54, 1.807) is 0 Å². The first kappa shape index (κ1) is 8.30. The van der Waals surface area contributed by atoms with E-state index in [1.807, 2.05) is 0 Å². The summed E-state index contributed by atoms with van der Waals surface area (Å²) in [5, 5.41) is 0. The van der Waals surface area contributed by atoms with Gasteiger partial charge in [0.05, 0.1) is 0 Å². The van der Waals surface area contributed by atoms with Crippen LogP contribution in [0.5, 0.6) is 0 Å². The van der Waals surface area contributed by atoms with Crippen molar-refractivity contribution in [1.29, 1.82) is 0 Å². The molecule has 0 unspecified atom stereocenters. The van der Waals surface area contributed by atoms with Crippen molar-refractivity contribution in [3.63, 3.8) is 0 Å². The van der Waals surface area contributed by atoms with Crippen molar-refractivity contribution in [3.8, 4) is 0 Å². The molecule has 1 nitrogen and oxygen atoms in total. The predicted molar refractivity (Wildman–Crippen MR) is 45.6 cm³/mol. The summed E-state index contributed by atoms with van der Waals surface area (Å²) in [5.74, 6) is 0. The second kappa shape index (κ2) is 5.44. The zero-order valence-electron chi connectivity index (χ0n) is 5.17. The molecular formula is C5H11NP2. The normalized spacial score (nSPS) is 11.2. The van der Waals surface area contributed by atoms with E-state index in [1.165, 1.54) is 16.4 Å². The molecule has 0 aliphatic rings. The van der Waals surface area contributed by atoms with Gasteiger partial charge in [-0.25, -0.2) is 0 Å². The molecule has 0 radical (unpaired) electrons. The van der Waals surface area contributed by atoms with Gasteiger partial charge >= 0.3 is 0 Å². The quantitative estimate of drug-likeness (QED) is 0.546. The molecule has 3 heteroatoms. The van der Waals surface area contributed by atoms with Gasteiger partial charge in [-0.1, -0.05) is 29.0 Å². The highest BCUT2D eigenvalue weighted by atomic mass is 31.1. The van der Waals surface area contributed by atoms with Crippen LogP contribution in [0, 0.1) is 0 Å². The van der Waals surface area contributed by atoms with Gasteiger partial charge < -0.3 is 0 Å². The van der Waals surface area contributed by atoms with Gasteiger partial charge in [0.1, 0.15) is 0 Å². The van der Waals surface area contributed by atoms with Crippen LogP contribution in [0.3, 0.4) is 0 Å². The Balaban J connectivity index is 3.16. The molecule has 0 rings (SSSR count). The van der Waals surface area contributed by atoms with Crippen molar-refractivity contribution in [2.45, 2.75) is 0 Å². The summed E-state index contributed by atoms with van der Waals surface area (Å²) < 4.78 is 0. The average molecular weight is 147 g/mol. The van der Waals surface area contributed by atoms with Gasteiger partial charge in [-0.15, -0.1) is 0 Å². The summed E-state index contributed by atoms with van der Waals surface area (Å²) in [5.41, 5.74) is 0. The molecule has 0 N–H and O–H groups in total. The third kappa shape index (κ3) is 4.46. The molecule has 0 aliphatic heterocycles. The van der Waals surface area contributed by atoms with Gasteiger partial charge in [-0.2, -0.15) is 0 Å². The maximum absolute atomic E-state index is 3.71. The molecule has 0 aromatic rings. The molecule has 0 saturated heterocycles. The fourth-order valence-corrected chi connectivity index (χ4v) is 1.43. The van der Waals surface area contributed by atoms with E-state index in [-0.39, 0.29) is 0 Å². The average Bonchev–Trinajstić information content (AvgIpc) is 1.68. The van der Waals surface area contributed by atoms with Crippen molar-refractivity contribution in [1.82, 2.24) is 4.90 Å². The highest BCUT2D eigenvalue weighted by molar-refractivity contribution is 7.37. The smallest absolute Gasteiger partial charge is 0.0402 e. The molecule has 0 fully saturated rings. The molecule has 0 amide bonds. The standard InChI is InChI=1S/C5H11NP2/c1-6(4-7-2)5-8-3/h2-5H2,1H3. The monoisotopic (exact) mass is 147 g/mol. The first-order chi connectivity index (χ1) is 3.81. The number of rotatable bonds is 4. The van der Waals surface area contributed by atoms with E-state index in [9.17, 15) is 0 Å². The molecule has 8 heavy (non-hydrogen) atoms. The van der Waals surface area contributed by atoms with Gasteiger partial charge in [-0.05, 0) is 7.05 Å². The fraction of sp³-hybridized carbons (Fsp3) is 0.600. The first-order valence-corrected chi connectivity index (χ1v) is 4.87. The van der Waals surface area contributed by atoms with E-state index in [0.717, 1.165) is 12.6 Å². The van der Waals surface area contributed by atoms with Crippen molar-refractivity contribution in [3.05, 3.63) is 0 Å². The zero-order valence-corrected chi connectivity index (χ0v) is 6.96. The van der Waals surface area contributed by atoms with Gasteiger partial charge in [0.25, 0.3) is 0 Å². The SMILES string of the molecule is C=PCN(C)CP=C. The summed E-state index contributed by atoms with van der Waals surface area (Å²) in [6.07, 6.45) is 9.55. The Bertz CT molecular complexity index is 72.5. The van der Waals surface area contributed by atoms with Crippen LogP contribution in [-0.4, -0.2) is 37.1 Å². The lowest BCUT2D eigenvalue weighted by Crippen LogP contribution is -2.12. The van der Waals surface area contributed by atoms with Crippen molar-refractivity contribution in [2.24, 2.45) is 0 Å². The maximum atomic E-state index is 3.71. The van der Waals surface area contributed by atoms with Crippen molar-refractivity contribution in [2.75, 3.05) is 19.6 Å². The van der Waals surface area contributed by atoms with E-state index in [4.69, 9.17) is 0 Å². The maximum Gasteiger partial charge on any atom is 0.0402 e. The molecule has 0 saturated carbocycles. The Morgan fingerprint density at radius 1 is 1.25 bits per heavy atom. The van der Waals surface area contributed by atoms with Gasteiger partial charge in [-0.3, -0.25) is 4.90 Å². The number of hydrogen-bond donors (Lipinski definition) is 0. The molecule has 0 aliphatic carbocycles. The Hall–Kier alpha value is 0.300. The molecule has 0 atom stereocenters. The van der Waals surface area contributed by atoms with E-state index in [0.29, 0.717) is 0 Å². The van der Waals surface area contributed by atoms with Crippen LogP contribution in [0.15, 0.2) is 0 Å². The molecular weight excluding hydrogens is 136 g/mol. The van der Waals surface area contributed by atoms with Gasteiger partial charge in [0.2, 0.25) is 0 Å². The Morgan fingerprint density at radius 2 is 1.62 bits per heavy atom. The summed E-state index contributed by atoms with van der Waals surface area (Å²) in [6, 6.07) is 0. The lowest BCUT2D eigenvalue weighted by Gasteiger charge is -2.07. The Kier molecular flexibility index (Phi) is 5.64. The molecule has 0 aromatic heterocycles. The van der Waals surface area contributed by atoms with Gasteiger partial charge in [0.15, 0.2) is 0 Å². The van der Waals surface area contributed by atoms with Crippen LogP contribution in [0.1, 0.15) is 0 Å². The van der Waals surface area contributed by atoms with Crippen LogP contribution in [0.2, 0.25) is 0 Å². The highest BCUT2D eigenvalue weighted by Crippen LogP contribution is 1.99. The van der Waals surface area contributed by atoms with Crippen LogP contribution in [-0.2, 0) is 0 Å². The van der Waals surface area contributed by atoms with Crippen molar-refractivity contribution >= 4 is 29.0 Å². The number of hydrogen-bond acceptors (Lipinski definition) is 1. The number of nitrogens with zero attached hydrogens (tertiary/aromatic N) is 1. The molecule has 0 bridgehead atoms. The molecule has 0 spiro atoms. The van der Waals surface area contributed by atoms with E-state index >= 15 is 0 Å². The van der Waals surface area contributed by atoms with Crippen LogP contribution < -0.4 is 0 Å². The third-order valence-corrected chi connectivity index (χ3v) is 2.05. The Labute approximate surface area is 54.3 Å². The summed E-state index contributed by atoms with van der Waals surface area (Å²) in [6.45, 7) is 0. The predicted octanol–water partition coefficient (Wildman–Crippen LogP) is 1.59. The minimum atomic E-state index is 1.06. The lowest BCUT2D eigenvalue weighted by atomic mass is 11.0. The Morgan fingerprint density at radius 3 is 1.88 bits per heavy atom. The molecule has 0 aromatic carbocycles. The summed E-state index contributed by atoms with van der Waals surface area (Å²) >= 11 is 0. The minimum Gasteiger partial charge on any atom is -0.291 e. The van der Waals surface area contributed by atoms with Crippen molar-refractivity contribution < 1.29 is 0 Å². The van der Waals surface area contributed by atoms with E-state index < -0.39 is 0 Å². The minimum absolute atomic E-state index is 1.06. The summed E-state index contributed by atoms with van der Waals surface area (Å²) in [7, 11) is 4.46. The van der Waals surface area contributed by atoms with Crippen LogP contribution >= 0.6 is 16.4 Å². The largest absolute Gasteiger partial charge is 0.291 e. The van der Waals surface area contributed by atoms with Crippen LogP contribution in [0.4, 0.5) is 0 Å². The second-order valence-corrected chi connectivity index (χ2v) is 3.05. The lowest BCUT2D eigenvalue weighted by molar-refractivity contribution is 0.465. The van der Waals surface area contributed by atoms with Crippen LogP contribution in [0.25, 0.3) is 0 Å². The third-order valence-electron chi connectivity index (χ3n) is 0.683. The van der Waals surface area contributed by atoms with E-state index in [2.05, 4.69) is 24.5 Å². The molecule has 46 valence electrons. The van der Waals surface area contributed by atoms with Gasteiger partial charge in [0, 0.05) is 12.6 Å². The second-order valence-electron chi connectivity index (χ2n) is 1.59. The molecule has 0 heterocycles. The summed E-state index contributed by atoms with van der Waals surface area (Å²) in [4.78, 5) is 2.21. The topological polar surface area (TPSA) is 3.24 Å². The fourth-order valence-electron chi connectivity index (χ4n) is 0.386. The first-order valence-electron chi connectivity index (χ1n) is 2.34.